The second-order valence-corrected chi connectivity index (χ2v) is 7.64. The van der Waals surface area contributed by atoms with E-state index in [2.05, 4.69) is 30.9 Å². The van der Waals surface area contributed by atoms with Gasteiger partial charge in [0, 0.05) is 19.6 Å². The van der Waals surface area contributed by atoms with Gasteiger partial charge in [0.2, 0.25) is 19.0 Å². The first-order valence-corrected chi connectivity index (χ1v) is 9.80. The van der Waals surface area contributed by atoms with Crippen molar-refractivity contribution in [2.24, 2.45) is 5.92 Å². The van der Waals surface area contributed by atoms with E-state index in [9.17, 15) is 4.79 Å². The van der Waals surface area contributed by atoms with Crippen molar-refractivity contribution >= 4 is 6.41 Å². The van der Waals surface area contributed by atoms with Crippen molar-refractivity contribution in [1.82, 2.24) is 9.80 Å². The largest absolute Gasteiger partial charge is 0.493 e. The lowest BCUT2D eigenvalue weighted by atomic mass is 9.86. The fraction of sp³-hybridized carbons (Fsp3) is 0.667. The van der Waals surface area contributed by atoms with Gasteiger partial charge < -0.3 is 24.0 Å². The third-order valence-electron chi connectivity index (χ3n) is 5.22. The Bertz CT molecular complexity index is 606. The van der Waals surface area contributed by atoms with Gasteiger partial charge in [0.25, 0.3) is 0 Å². The van der Waals surface area contributed by atoms with Crippen LogP contribution in [0.2, 0.25) is 0 Å². The quantitative estimate of drug-likeness (QED) is 0.522. The van der Waals surface area contributed by atoms with E-state index in [4.69, 9.17) is 14.2 Å². The average Bonchev–Trinajstić information content (AvgIpc) is 3.13. The van der Waals surface area contributed by atoms with E-state index in [1.807, 2.05) is 19.0 Å². The molecule has 1 aromatic rings. The Morgan fingerprint density at radius 3 is 2.63 bits per heavy atom. The minimum Gasteiger partial charge on any atom is -0.493 e. The predicted octanol–water partition coefficient (Wildman–Crippen LogP) is 3.35. The summed E-state index contributed by atoms with van der Waals surface area (Å²) in [6.45, 7) is 7.20. The van der Waals surface area contributed by atoms with E-state index in [0.717, 1.165) is 56.8 Å². The molecule has 0 aromatic heterocycles. The molecule has 0 aliphatic carbocycles. The van der Waals surface area contributed by atoms with Crippen molar-refractivity contribution in [3.05, 3.63) is 17.7 Å². The highest BCUT2D eigenvalue weighted by Gasteiger charge is 2.23. The molecule has 2 unspecified atom stereocenters. The van der Waals surface area contributed by atoms with Gasteiger partial charge in [-0.05, 0) is 62.9 Å². The van der Waals surface area contributed by atoms with Crippen molar-refractivity contribution in [1.29, 1.82) is 0 Å². The first-order valence-electron chi connectivity index (χ1n) is 9.80. The molecule has 0 fully saturated rings. The van der Waals surface area contributed by atoms with Gasteiger partial charge >= 0.3 is 0 Å². The summed E-state index contributed by atoms with van der Waals surface area (Å²) >= 11 is 0. The van der Waals surface area contributed by atoms with Crippen LogP contribution in [0.4, 0.5) is 0 Å². The van der Waals surface area contributed by atoms with Crippen LogP contribution in [-0.2, 0) is 4.79 Å². The van der Waals surface area contributed by atoms with Crippen LogP contribution in [0.1, 0.15) is 44.6 Å². The van der Waals surface area contributed by atoms with Crippen LogP contribution in [0.5, 0.6) is 17.2 Å². The van der Waals surface area contributed by atoms with Gasteiger partial charge in [-0.2, -0.15) is 0 Å². The van der Waals surface area contributed by atoms with E-state index >= 15 is 0 Å². The SMILES string of the molecule is CCC(CC(C)CCN(C=O)CCN(C)C)c1cc(OC)c2c(c1)OCO2. The number of hydrogen-bond acceptors (Lipinski definition) is 5. The zero-order chi connectivity index (χ0) is 19.8. The molecule has 1 heterocycles. The summed E-state index contributed by atoms with van der Waals surface area (Å²) in [4.78, 5) is 15.2. The third-order valence-corrected chi connectivity index (χ3v) is 5.22. The number of ether oxygens (including phenoxy) is 3. The molecule has 0 saturated carbocycles. The minimum absolute atomic E-state index is 0.247. The monoisotopic (exact) mass is 378 g/mol. The van der Waals surface area contributed by atoms with Crippen molar-refractivity contribution in [3.63, 3.8) is 0 Å². The molecule has 0 bridgehead atoms. The maximum absolute atomic E-state index is 11.3. The van der Waals surface area contributed by atoms with Crippen molar-refractivity contribution < 1.29 is 19.0 Å². The highest BCUT2D eigenvalue weighted by molar-refractivity contribution is 5.55. The Kier molecular flexibility index (Phi) is 8.23. The summed E-state index contributed by atoms with van der Waals surface area (Å²) in [6.07, 6.45) is 4.09. The second kappa shape index (κ2) is 10.4. The third kappa shape index (κ3) is 6.03. The number of methoxy groups -OCH3 is 1. The van der Waals surface area contributed by atoms with Gasteiger partial charge in [0.05, 0.1) is 7.11 Å². The molecule has 27 heavy (non-hydrogen) atoms. The van der Waals surface area contributed by atoms with Crippen molar-refractivity contribution in [3.8, 4) is 17.2 Å². The van der Waals surface area contributed by atoms with Crippen LogP contribution < -0.4 is 14.2 Å². The van der Waals surface area contributed by atoms with Gasteiger partial charge in [-0.1, -0.05) is 13.8 Å². The van der Waals surface area contributed by atoms with E-state index in [1.54, 1.807) is 7.11 Å². The Morgan fingerprint density at radius 2 is 2.00 bits per heavy atom. The van der Waals surface area contributed by atoms with Crippen LogP contribution in [0.15, 0.2) is 12.1 Å². The number of nitrogens with zero attached hydrogens (tertiary/aromatic N) is 2. The number of benzene rings is 1. The Morgan fingerprint density at radius 1 is 1.22 bits per heavy atom. The molecular formula is C21H34N2O4. The maximum Gasteiger partial charge on any atom is 0.231 e. The number of hydrogen-bond donors (Lipinski definition) is 0. The van der Waals surface area contributed by atoms with Crippen LogP contribution in [0.25, 0.3) is 0 Å². The zero-order valence-electron chi connectivity index (χ0n) is 17.4. The molecule has 1 aromatic carbocycles. The Labute approximate surface area is 163 Å². The van der Waals surface area contributed by atoms with Crippen LogP contribution in [0.3, 0.4) is 0 Å². The smallest absolute Gasteiger partial charge is 0.231 e. The number of rotatable bonds is 12. The summed E-state index contributed by atoms with van der Waals surface area (Å²) in [6, 6.07) is 4.16. The van der Waals surface area contributed by atoms with Gasteiger partial charge in [0.15, 0.2) is 11.5 Å². The molecule has 6 heteroatoms. The number of fused-ring (bicyclic) bond motifs is 1. The van der Waals surface area contributed by atoms with E-state index in [-0.39, 0.29) is 6.79 Å². The van der Waals surface area contributed by atoms with E-state index in [1.165, 1.54) is 5.56 Å². The lowest BCUT2D eigenvalue weighted by Gasteiger charge is -2.24. The molecule has 152 valence electrons. The fourth-order valence-corrected chi connectivity index (χ4v) is 3.46. The molecule has 1 amide bonds. The van der Waals surface area contributed by atoms with Gasteiger partial charge in [-0.25, -0.2) is 0 Å². The van der Waals surface area contributed by atoms with E-state index in [0.29, 0.717) is 17.6 Å². The molecule has 1 aliphatic rings. The van der Waals surface area contributed by atoms with E-state index < -0.39 is 0 Å². The summed E-state index contributed by atoms with van der Waals surface area (Å²) in [5, 5.41) is 0. The molecule has 0 spiro atoms. The standard InChI is InChI=1S/C21H34N2O4/c1-6-17(11-16(2)7-8-23(14-24)10-9-22(3)4)18-12-19(25-5)21-20(13-18)26-15-27-21/h12-14,16-17H,6-11,15H2,1-5H3. The highest BCUT2D eigenvalue weighted by Crippen LogP contribution is 2.44. The van der Waals surface area contributed by atoms with Crippen LogP contribution >= 0.6 is 0 Å². The predicted molar refractivity (Wildman–Crippen MR) is 107 cm³/mol. The molecule has 0 N–H and O–H groups in total. The molecule has 1 aliphatic heterocycles. The molecule has 2 rings (SSSR count). The average molecular weight is 379 g/mol. The van der Waals surface area contributed by atoms with Crippen molar-refractivity contribution in [2.75, 3.05) is 47.6 Å². The zero-order valence-corrected chi connectivity index (χ0v) is 17.4. The Hall–Kier alpha value is -1.95. The number of carbonyl (C=O) groups excluding carboxylic acids is 1. The molecule has 2 atom stereocenters. The van der Waals surface area contributed by atoms with Gasteiger partial charge in [-0.15, -0.1) is 0 Å². The second-order valence-electron chi connectivity index (χ2n) is 7.64. The number of carbonyl (C=O) groups is 1. The fourth-order valence-electron chi connectivity index (χ4n) is 3.46. The molecule has 0 radical (unpaired) electrons. The summed E-state index contributed by atoms with van der Waals surface area (Å²) < 4.78 is 16.5. The summed E-state index contributed by atoms with van der Waals surface area (Å²) in [7, 11) is 5.71. The summed E-state index contributed by atoms with van der Waals surface area (Å²) in [5.74, 6) is 3.16. The van der Waals surface area contributed by atoms with Crippen LogP contribution in [-0.4, -0.2) is 63.8 Å². The lowest BCUT2D eigenvalue weighted by molar-refractivity contribution is -0.118. The molecular weight excluding hydrogens is 344 g/mol. The van der Waals surface area contributed by atoms with Gasteiger partial charge in [-0.3, -0.25) is 4.79 Å². The van der Waals surface area contributed by atoms with Crippen LogP contribution in [0, 0.1) is 5.92 Å². The molecule has 6 nitrogen and oxygen atoms in total. The number of likely N-dealkylation sites (N-methyl/N-ethyl adjacent to an activating group) is 1. The van der Waals surface area contributed by atoms with Crippen molar-refractivity contribution in [2.45, 2.75) is 39.0 Å². The topological polar surface area (TPSA) is 51.2 Å². The first-order chi connectivity index (χ1) is 13.0. The normalized spacial score (nSPS) is 14.9. The first kappa shape index (κ1) is 21.4. The maximum atomic E-state index is 11.3. The number of amides is 1. The van der Waals surface area contributed by atoms with Gasteiger partial charge in [0.1, 0.15) is 0 Å². The lowest BCUT2D eigenvalue weighted by Crippen LogP contribution is -2.32. The minimum atomic E-state index is 0.247. The Balaban J connectivity index is 1.95. The summed E-state index contributed by atoms with van der Waals surface area (Å²) in [5.41, 5.74) is 1.23. The highest BCUT2D eigenvalue weighted by atomic mass is 16.7. The molecule has 0 saturated heterocycles.